The van der Waals surface area contributed by atoms with Crippen LogP contribution in [0, 0.1) is 13.8 Å². The van der Waals surface area contributed by atoms with Gasteiger partial charge < -0.3 is 0 Å². The molecule has 7 heteroatoms. The highest BCUT2D eigenvalue weighted by Gasteiger charge is 2.20. The molecule has 21 heavy (non-hydrogen) atoms. The molecule has 1 heterocycles. The number of nitrogens with one attached hydrogen (secondary N) is 1. The van der Waals surface area contributed by atoms with E-state index in [0.717, 1.165) is 22.9 Å². The van der Waals surface area contributed by atoms with Crippen LogP contribution < -0.4 is 4.72 Å². The number of anilines is 1. The molecular formula is C14H13N3O2S2. The van der Waals surface area contributed by atoms with Crippen molar-refractivity contribution in [2.75, 3.05) is 4.72 Å². The number of aromatic nitrogens is 2. The number of benzene rings is 2. The first kappa shape index (κ1) is 14.0. The number of nitrogens with zero attached hydrogens (tertiary/aromatic N) is 2. The van der Waals surface area contributed by atoms with Gasteiger partial charge in [0, 0.05) is 0 Å². The summed E-state index contributed by atoms with van der Waals surface area (Å²) in [6, 6.07) is 10.6. The van der Waals surface area contributed by atoms with Crippen molar-refractivity contribution in [2.45, 2.75) is 18.7 Å². The SMILES string of the molecule is Cc1ccc(C)c(NS(=O)(=O)c2cccc3nsnc23)c1. The largest absolute Gasteiger partial charge is 0.279 e. The maximum absolute atomic E-state index is 12.6. The minimum atomic E-state index is -3.69. The predicted molar refractivity (Wildman–Crippen MR) is 84.1 cm³/mol. The molecule has 0 bridgehead atoms. The van der Waals surface area contributed by atoms with Gasteiger partial charge in [-0.1, -0.05) is 18.2 Å². The summed E-state index contributed by atoms with van der Waals surface area (Å²) in [5.41, 5.74) is 3.43. The second-order valence-electron chi connectivity index (χ2n) is 4.81. The molecule has 0 aliphatic heterocycles. The lowest BCUT2D eigenvalue weighted by atomic mass is 10.1. The minimum absolute atomic E-state index is 0.148. The van der Waals surface area contributed by atoms with Crippen LogP contribution in [0.3, 0.4) is 0 Å². The Morgan fingerprint density at radius 3 is 2.71 bits per heavy atom. The second-order valence-corrected chi connectivity index (χ2v) is 6.99. The summed E-state index contributed by atoms with van der Waals surface area (Å²) >= 11 is 1.00. The van der Waals surface area contributed by atoms with E-state index in [2.05, 4.69) is 13.5 Å². The Morgan fingerprint density at radius 2 is 1.90 bits per heavy atom. The highest BCUT2D eigenvalue weighted by molar-refractivity contribution is 7.93. The number of hydrogen-bond donors (Lipinski definition) is 1. The Bertz CT molecular complexity index is 917. The molecule has 3 aromatic rings. The molecule has 0 aliphatic rings. The summed E-state index contributed by atoms with van der Waals surface area (Å²) in [6.07, 6.45) is 0. The highest BCUT2D eigenvalue weighted by Crippen LogP contribution is 2.25. The van der Waals surface area contributed by atoms with Gasteiger partial charge in [0.1, 0.15) is 15.9 Å². The van der Waals surface area contributed by atoms with E-state index in [9.17, 15) is 8.42 Å². The first-order chi connectivity index (χ1) is 9.97. The van der Waals surface area contributed by atoms with Crippen molar-refractivity contribution in [2.24, 2.45) is 0 Å². The van der Waals surface area contributed by atoms with E-state index in [0.29, 0.717) is 16.7 Å². The maximum atomic E-state index is 12.6. The van der Waals surface area contributed by atoms with Gasteiger partial charge in [0.15, 0.2) is 0 Å². The molecule has 0 fully saturated rings. The standard InChI is InChI=1S/C14H13N3O2S2/c1-9-6-7-10(2)12(8-9)17-21(18,19)13-5-3-4-11-14(13)16-20-15-11/h3-8,17H,1-2H3. The molecule has 0 radical (unpaired) electrons. The van der Waals surface area contributed by atoms with Crippen LogP contribution in [0.25, 0.3) is 11.0 Å². The van der Waals surface area contributed by atoms with E-state index in [4.69, 9.17) is 0 Å². The van der Waals surface area contributed by atoms with Crippen molar-refractivity contribution >= 4 is 38.5 Å². The average Bonchev–Trinajstić information content (AvgIpc) is 2.90. The summed E-state index contributed by atoms with van der Waals surface area (Å²) in [6.45, 7) is 3.78. The monoisotopic (exact) mass is 319 g/mol. The number of rotatable bonds is 3. The van der Waals surface area contributed by atoms with Crippen molar-refractivity contribution in [3.63, 3.8) is 0 Å². The number of sulfonamides is 1. The highest BCUT2D eigenvalue weighted by atomic mass is 32.2. The number of aryl methyl sites for hydroxylation is 2. The Labute approximate surface area is 127 Å². The zero-order valence-corrected chi connectivity index (χ0v) is 13.1. The fourth-order valence-corrected chi connectivity index (χ4v) is 3.93. The van der Waals surface area contributed by atoms with Crippen molar-refractivity contribution in [3.8, 4) is 0 Å². The van der Waals surface area contributed by atoms with Crippen LogP contribution in [0.15, 0.2) is 41.3 Å². The first-order valence-corrected chi connectivity index (χ1v) is 8.50. The Hall–Kier alpha value is -1.99. The van der Waals surface area contributed by atoms with Crippen LogP contribution in [-0.2, 0) is 10.0 Å². The molecule has 0 unspecified atom stereocenters. The smallest absolute Gasteiger partial charge is 0.264 e. The Kier molecular flexibility index (Phi) is 3.38. The minimum Gasteiger partial charge on any atom is -0.279 e. The van der Waals surface area contributed by atoms with E-state index in [1.54, 1.807) is 12.1 Å². The average molecular weight is 319 g/mol. The molecular weight excluding hydrogens is 306 g/mol. The van der Waals surface area contributed by atoms with E-state index in [1.165, 1.54) is 6.07 Å². The summed E-state index contributed by atoms with van der Waals surface area (Å²) in [7, 11) is -3.69. The predicted octanol–water partition coefficient (Wildman–Crippen LogP) is 3.11. The van der Waals surface area contributed by atoms with Crippen molar-refractivity contribution in [3.05, 3.63) is 47.5 Å². The van der Waals surface area contributed by atoms with Gasteiger partial charge in [-0.3, -0.25) is 4.72 Å². The van der Waals surface area contributed by atoms with E-state index >= 15 is 0 Å². The number of fused-ring (bicyclic) bond motifs is 1. The summed E-state index contributed by atoms with van der Waals surface area (Å²) in [5, 5.41) is 0. The molecule has 1 N–H and O–H groups in total. The summed E-state index contributed by atoms with van der Waals surface area (Å²) < 4.78 is 36.0. The fraction of sp³-hybridized carbons (Fsp3) is 0.143. The molecule has 0 saturated heterocycles. The third kappa shape index (κ3) is 2.62. The molecule has 1 aromatic heterocycles. The van der Waals surface area contributed by atoms with Gasteiger partial charge in [-0.15, -0.1) is 0 Å². The van der Waals surface area contributed by atoms with E-state index in [1.807, 2.05) is 32.0 Å². The molecule has 0 aliphatic carbocycles. The van der Waals surface area contributed by atoms with Crippen LogP contribution in [-0.4, -0.2) is 17.2 Å². The molecule has 2 aromatic carbocycles. The van der Waals surface area contributed by atoms with Crippen molar-refractivity contribution < 1.29 is 8.42 Å². The number of hydrogen-bond acceptors (Lipinski definition) is 5. The lowest BCUT2D eigenvalue weighted by Gasteiger charge is -2.11. The third-order valence-electron chi connectivity index (χ3n) is 3.18. The molecule has 3 rings (SSSR count). The van der Waals surface area contributed by atoms with Gasteiger partial charge in [0.25, 0.3) is 10.0 Å². The molecule has 0 saturated carbocycles. The fourth-order valence-electron chi connectivity index (χ4n) is 2.04. The van der Waals surface area contributed by atoms with E-state index in [-0.39, 0.29) is 4.90 Å². The molecule has 5 nitrogen and oxygen atoms in total. The quantitative estimate of drug-likeness (QED) is 0.805. The third-order valence-corrected chi connectivity index (χ3v) is 5.12. The summed E-state index contributed by atoms with van der Waals surface area (Å²) in [4.78, 5) is 0.148. The van der Waals surface area contributed by atoms with E-state index < -0.39 is 10.0 Å². The maximum Gasteiger partial charge on any atom is 0.264 e. The van der Waals surface area contributed by atoms with Crippen LogP contribution >= 0.6 is 11.7 Å². The topological polar surface area (TPSA) is 72.0 Å². The zero-order chi connectivity index (χ0) is 15.0. The normalized spacial score (nSPS) is 11.7. The van der Waals surface area contributed by atoms with Crippen LogP contribution in [0.1, 0.15) is 11.1 Å². The zero-order valence-electron chi connectivity index (χ0n) is 11.5. The Morgan fingerprint density at radius 1 is 1.10 bits per heavy atom. The van der Waals surface area contributed by atoms with Gasteiger partial charge in [-0.2, -0.15) is 8.75 Å². The van der Waals surface area contributed by atoms with Crippen LogP contribution in [0.4, 0.5) is 5.69 Å². The molecule has 108 valence electrons. The molecule has 0 amide bonds. The summed E-state index contributed by atoms with van der Waals surface area (Å²) in [5.74, 6) is 0. The Balaban J connectivity index is 2.09. The molecule has 0 atom stereocenters. The van der Waals surface area contributed by atoms with Crippen molar-refractivity contribution in [1.29, 1.82) is 0 Å². The lowest BCUT2D eigenvalue weighted by Crippen LogP contribution is -2.14. The van der Waals surface area contributed by atoms with Crippen molar-refractivity contribution in [1.82, 2.24) is 8.75 Å². The second kappa shape index (κ2) is 5.09. The van der Waals surface area contributed by atoms with Gasteiger partial charge in [-0.05, 0) is 43.2 Å². The van der Waals surface area contributed by atoms with Crippen LogP contribution in [0.2, 0.25) is 0 Å². The first-order valence-electron chi connectivity index (χ1n) is 6.29. The van der Waals surface area contributed by atoms with Gasteiger partial charge in [-0.25, -0.2) is 8.42 Å². The lowest BCUT2D eigenvalue weighted by molar-refractivity contribution is 0.602. The molecule has 0 spiro atoms. The van der Waals surface area contributed by atoms with Gasteiger partial charge >= 0.3 is 0 Å². The van der Waals surface area contributed by atoms with Gasteiger partial charge in [0.2, 0.25) is 0 Å². The van der Waals surface area contributed by atoms with Gasteiger partial charge in [0.05, 0.1) is 17.4 Å². The van der Waals surface area contributed by atoms with Crippen LogP contribution in [0.5, 0.6) is 0 Å².